The maximum absolute atomic E-state index is 5.75. The molecule has 0 saturated heterocycles. The summed E-state index contributed by atoms with van der Waals surface area (Å²) in [5, 5.41) is 7.70. The van der Waals surface area contributed by atoms with Crippen LogP contribution in [0.2, 0.25) is 0 Å². The van der Waals surface area contributed by atoms with Crippen LogP contribution in [0.25, 0.3) is 0 Å². The second-order valence-corrected chi connectivity index (χ2v) is 4.04. The van der Waals surface area contributed by atoms with E-state index in [1.54, 1.807) is 0 Å². The molecule has 1 rings (SSSR count). The van der Waals surface area contributed by atoms with Crippen molar-refractivity contribution < 1.29 is 4.74 Å². The first-order chi connectivity index (χ1) is 6.38. The Bertz CT molecular complexity index is 319. The number of ether oxygens (including phenoxy) is 1. The van der Waals surface area contributed by atoms with Crippen LogP contribution in [0.3, 0.4) is 0 Å². The minimum absolute atomic E-state index is 0.284. The normalized spacial score (nSPS) is 11.5. The van der Waals surface area contributed by atoms with Crippen LogP contribution in [-0.4, -0.2) is 27.3 Å². The average molecular weight is 196 g/mol. The van der Waals surface area contributed by atoms with Crippen molar-refractivity contribution >= 4 is 0 Å². The van der Waals surface area contributed by atoms with Crippen molar-refractivity contribution in [2.75, 3.05) is 6.61 Å². The largest absolute Gasteiger partial charge is 0.460 e. The summed E-state index contributed by atoms with van der Waals surface area (Å²) in [6.07, 6.45) is 0. The molecule has 0 aromatic carbocycles. The maximum Gasteiger partial charge on any atom is 0.335 e. The van der Waals surface area contributed by atoms with Crippen molar-refractivity contribution in [3.63, 3.8) is 0 Å². The van der Waals surface area contributed by atoms with E-state index in [-0.39, 0.29) is 11.5 Å². The SMILES string of the molecule is Cc1nnc(OCC(C)(C)N)nc1C. The van der Waals surface area contributed by atoms with E-state index in [1.165, 1.54) is 0 Å². The summed E-state index contributed by atoms with van der Waals surface area (Å²) in [7, 11) is 0. The highest BCUT2D eigenvalue weighted by Crippen LogP contribution is 2.06. The van der Waals surface area contributed by atoms with Crippen molar-refractivity contribution in [3.8, 4) is 6.01 Å². The Kier molecular flexibility index (Phi) is 3.00. The smallest absolute Gasteiger partial charge is 0.335 e. The van der Waals surface area contributed by atoms with Crippen LogP contribution >= 0.6 is 0 Å². The third kappa shape index (κ3) is 3.26. The number of hydrogen-bond donors (Lipinski definition) is 1. The minimum Gasteiger partial charge on any atom is -0.460 e. The van der Waals surface area contributed by atoms with Gasteiger partial charge in [-0.05, 0) is 27.7 Å². The first-order valence-corrected chi connectivity index (χ1v) is 4.48. The molecule has 0 spiro atoms. The molecule has 5 heteroatoms. The highest BCUT2D eigenvalue weighted by atomic mass is 16.5. The van der Waals surface area contributed by atoms with Gasteiger partial charge in [-0.3, -0.25) is 0 Å². The monoisotopic (exact) mass is 196 g/mol. The third-order valence-corrected chi connectivity index (χ3v) is 1.65. The minimum atomic E-state index is -0.387. The molecule has 1 aromatic heterocycles. The molecule has 0 aliphatic rings. The fraction of sp³-hybridized carbons (Fsp3) is 0.667. The number of aromatic nitrogens is 3. The van der Waals surface area contributed by atoms with E-state index in [0.717, 1.165) is 11.4 Å². The molecular weight excluding hydrogens is 180 g/mol. The highest BCUT2D eigenvalue weighted by Gasteiger charge is 2.12. The number of hydrogen-bond acceptors (Lipinski definition) is 5. The van der Waals surface area contributed by atoms with Crippen molar-refractivity contribution in [2.24, 2.45) is 5.73 Å². The van der Waals surface area contributed by atoms with E-state index >= 15 is 0 Å². The molecule has 0 saturated carbocycles. The van der Waals surface area contributed by atoms with Crippen LogP contribution in [0.4, 0.5) is 0 Å². The van der Waals surface area contributed by atoms with Crippen LogP contribution in [0.1, 0.15) is 25.2 Å². The molecule has 0 radical (unpaired) electrons. The second-order valence-electron chi connectivity index (χ2n) is 4.04. The fourth-order valence-electron chi connectivity index (χ4n) is 0.749. The molecule has 5 nitrogen and oxygen atoms in total. The highest BCUT2D eigenvalue weighted by molar-refractivity contribution is 5.07. The van der Waals surface area contributed by atoms with Crippen molar-refractivity contribution in [1.82, 2.24) is 15.2 Å². The predicted molar refractivity (Wildman–Crippen MR) is 53.1 cm³/mol. The van der Waals surface area contributed by atoms with Gasteiger partial charge in [-0.1, -0.05) is 5.10 Å². The molecule has 0 bridgehead atoms. The van der Waals surface area contributed by atoms with Crippen LogP contribution in [-0.2, 0) is 0 Å². The van der Waals surface area contributed by atoms with Gasteiger partial charge in [-0.2, -0.15) is 4.98 Å². The van der Waals surface area contributed by atoms with Crippen LogP contribution in [0, 0.1) is 13.8 Å². The zero-order valence-corrected chi connectivity index (χ0v) is 9.03. The number of nitrogens with zero attached hydrogens (tertiary/aromatic N) is 3. The molecule has 0 amide bonds. The van der Waals surface area contributed by atoms with Gasteiger partial charge in [0.05, 0.1) is 11.4 Å². The zero-order valence-electron chi connectivity index (χ0n) is 9.03. The lowest BCUT2D eigenvalue weighted by molar-refractivity contribution is 0.223. The second kappa shape index (κ2) is 3.88. The lowest BCUT2D eigenvalue weighted by Gasteiger charge is -2.17. The van der Waals surface area contributed by atoms with Crippen molar-refractivity contribution in [2.45, 2.75) is 33.2 Å². The van der Waals surface area contributed by atoms with Crippen LogP contribution < -0.4 is 10.5 Å². The van der Waals surface area contributed by atoms with Crippen LogP contribution in [0.15, 0.2) is 0 Å². The zero-order chi connectivity index (χ0) is 10.8. The Balaban J connectivity index is 2.65. The molecule has 2 N–H and O–H groups in total. The van der Waals surface area contributed by atoms with Gasteiger partial charge in [0.2, 0.25) is 0 Å². The molecule has 14 heavy (non-hydrogen) atoms. The molecular formula is C9H16N4O. The van der Waals surface area contributed by atoms with E-state index in [9.17, 15) is 0 Å². The fourth-order valence-corrected chi connectivity index (χ4v) is 0.749. The molecule has 0 unspecified atom stereocenters. The molecule has 0 fully saturated rings. The summed E-state index contributed by atoms with van der Waals surface area (Å²) in [5.41, 5.74) is 7.00. The van der Waals surface area contributed by atoms with E-state index in [4.69, 9.17) is 10.5 Å². The van der Waals surface area contributed by atoms with Gasteiger partial charge in [-0.15, -0.1) is 5.10 Å². The third-order valence-electron chi connectivity index (χ3n) is 1.65. The number of nitrogens with two attached hydrogens (primary N) is 1. The predicted octanol–water partition coefficient (Wildman–Crippen LogP) is 0.605. The van der Waals surface area contributed by atoms with Crippen molar-refractivity contribution in [3.05, 3.63) is 11.4 Å². The molecule has 78 valence electrons. The summed E-state index contributed by atoms with van der Waals surface area (Å²) in [4.78, 5) is 4.12. The quantitative estimate of drug-likeness (QED) is 0.766. The first-order valence-electron chi connectivity index (χ1n) is 4.48. The Morgan fingerprint density at radius 1 is 1.21 bits per heavy atom. The summed E-state index contributed by atoms with van der Waals surface area (Å²) >= 11 is 0. The van der Waals surface area contributed by atoms with E-state index in [2.05, 4.69) is 15.2 Å². The van der Waals surface area contributed by atoms with Gasteiger partial charge in [0, 0.05) is 5.54 Å². The maximum atomic E-state index is 5.75. The molecule has 0 aliphatic heterocycles. The molecule has 0 atom stereocenters. The van der Waals surface area contributed by atoms with Gasteiger partial charge in [-0.25, -0.2) is 0 Å². The van der Waals surface area contributed by atoms with Gasteiger partial charge < -0.3 is 10.5 Å². The standard InChI is InChI=1S/C9H16N4O/c1-6-7(2)12-13-8(11-6)14-5-9(3,4)10/h5,10H2,1-4H3. The lowest BCUT2D eigenvalue weighted by atomic mass is 10.1. The Labute approximate surface area is 83.7 Å². The van der Waals surface area contributed by atoms with E-state index in [0.29, 0.717) is 6.61 Å². The van der Waals surface area contributed by atoms with Gasteiger partial charge in [0.15, 0.2) is 0 Å². The van der Waals surface area contributed by atoms with Gasteiger partial charge >= 0.3 is 6.01 Å². The van der Waals surface area contributed by atoms with E-state index in [1.807, 2.05) is 27.7 Å². The summed E-state index contributed by atoms with van der Waals surface area (Å²) < 4.78 is 5.30. The molecule has 1 heterocycles. The Hall–Kier alpha value is -1.23. The molecule has 1 aromatic rings. The van der Waals surface area contributed by atoms with Gasteiger partial charge in [0.1, 0.15) is 6.61 Å². The van der Waals surface area contributed by atoms with Crippen molar-refractivity contribution in [1.29, 1.82) is 0 Å². The Morgan fingerprint density at radius 2 is 1.86 bits per heavy atom. The number of rotatable bonds is 3. The Morgan fingerprint density at radius 3 is 2.36 bits per heavy atom. The topological polar surface area (TPSA) is 73.9 Å². The first kappa shape index (κ1) is 10.8. The van der Waals surface area contributed by atoms with Crippen LogP contribution in [0.5, 0.6) is 6.01 Å². The summed E-state index contributed by atoms with van der Waals surface area (Å²) in [6.45, 7) is 7.84. The van der Waals surface area contributed by atoms with E-state index < -0.39 is 0 Å². The number of aryl methyl sites for hydroxylation is 2. The molecule has 0 aliphatic carbocycles. The average Bonchev–Trinajstić information content (AvgIpc) is 2.06. The summed E-state index contributed by atoms with van der Waals surface area (Å²) in [5.74, 6) is 0. The summed E-state index contributed by atoms with van der Waals surface area (Å²) in [6, 6.07) is 0.284. The lowest BCUT2D eigenvalue weighted by Crippen LogP contribution is -2.39. The van der Waals surface area contributed by atoms with Gasteiger partial charge in [0.25, 0.3) is 0 Å².